The Labute approximate surface area is 163 Å². The van der Waals surface area contributed by atoms with E-state index in [0.717, 1.165) is 13.0 Å². The van der Waals surface area contributed by atoms with Crippen LogP contribution in [0.15, 0.2) is 4.99 Å². The van der Waals surface area contributed by atoms with Crippen LogP contribution in [-0.2, 0) is 14.6 Å². The maximum Gasteiger partial charge on any atom is 0.222 e. The number of rotatable bonds is 5. The summed E-state index contributed by atoms with van der Waals surface area (Å²) >= 11 is 0. The monoisotopic (exact) mass is 474 g/mol. The minimum absolute atomic E-state index is 0. The lowest BCUT2D eigenvalue weighted by Crippen LogP contribution is -2.46. The van der Waals surface area contributed by atoms with Crippen LogP contribution < -0.4 is 10.6 Å². The summed E-state index contributed by atoms with van der Waals surface area (Å²) in [5.74, 6) is 0.793. The quantitative estimate of drug-likeness (QED) is 0.353. The summed E-state index contributed by atoms with van der Waals surface area (Å²) in [7, 11) is -1.50. The number of nitrogens with one attached hydrogen (secondary N) is 2. The number of hydrogen-bond acceptors (Lipinski definition) is 4. The number of halogens is 1. The first-order valence-corrected chi connectivity index (χ1v) is 9.73. The van der Waals surface area contributed by atoms with Crippen LogP contribution >= 0.6 is 24.0 Å². The van der Waals surface area contributed by atoms with E-state index in [1.54, 1.807) is 27.8 Å². The van der Waals surface area contributed by atoms with Crippen molar-refractivity contribution in [1.82, 2.24) is 15.5 Å². The van der Waals surface area contributed by atoms with Crippen LogP contribution in [0.2, 0.25) is 0 Å². The highest BCUT2D eigenvalue weighted by atomic mass is 127. The van der Waals surface area contributed by atoms with Crippen LogP contribution in [0.1, 0.15) is 40.5 Å². The zero-order valence-electron chi connectivity index (χ0n) is 15.3. The van der Waals surface area contributed by atoms with Gasteiger partial charge in [-0.25, -0.2) is 8.42 Å². The number of aliphatic imine (C=N–C) groups is 1. The van der Waals surface area contributed by atoms with Crippen LogP contribution in [0, 0.1) is 0 Å². The molecule has 2 N–H and O–H groups in total. The molecule has 0 aromatic carbocycles. The molecule has 1 rings (SSSR count). The molecule has 0 aliphatic carbocycles. The predicted octanol–water partition coefficient (Wildman–Crippen LogP) is 0.994. The Bertz CT molecular complexity index is 543. The van der Waals surface area contributed by atoms with Crippen molar-refractivity contribution in [2.75, 3.05) is 32.4 Å². The number of carbonyl (C=O) groups excluding carboxylic acids is 1. The summed E-state index contributed by atoms with van der Waals surface area (Å²) in [4.78, 5) is 17.6. The van der Waals surface area contributed by atoms with Crippen molar-refractivity contribution in [3.05, 3.63) is 0 Å². The van der Waals surface area contributed by atoms with Gasteiger partial charge in [-0.15, -0.1) is 24.0 Å². The minimum atomic E-state index is -3.15. The van der Waals surface area contributed by atoms with E-state index in [1.165, 1.54) is 0 Å². The maximum atomic E-state index is 12.1. The Kier molecular flexibility index (Phi) is 9.55. The number of hydrogen-bond donors (Lipinski definition) is 2. The molecule has 1 atom stereocenters. The van der Waals surface area contributed by atoms with E-state index in [4.69, 9.17) is 0 Å². The molecule has 1 amide bonds. The van der Waals surface area contributed by atoms with Crippen molar-refractivity contribution < 1.29 is 13.2 Å². The molecule has 1 saturated heterocycles. The highest BCUT2D eigenvalue weighted by Crippen LogP contribution is 2.15. The van der Waals surface area contributed by atoms with E-state index in [2.05, 4.69) is 15.6 Å². The number of amides is 1. The first kappa shape index (κ1) is 23.4. The van der Waals surface area contributed by atoms with Crippen molar-refractivity contribution in [3.8, 4) is 0 Å². The molecular weight excluding hydrogens is 443 g/mol. The van der Waals surface area contributed by atoms with Gasteiger partial charge in [-0.3, -0.25) is 9.79 Å². The second kappa shape index (κ2) is 9.79. The first-order chi connectivity index (χ1) is 10.6. The molecule has 24 heavy (non-hydrogen) atoms. The average molecular weight is 474 g/mol. The molecule has 142 valence electrons. The topological polar surface area (TPSA) is 90.9 Å². The summed E-state index contributed by atoms with van der Waals surface area (Å²) in [6, 6.07) is 0.149. The van der Waals surface area contributed by atoms with Gasteiger partial charge < -0.3 is 15.5 Å². The lowest BCUT2D eigenvalue weighted by Gasteiger charge is -2.21. The molecule has 1 aliphatic heterocycles. The highest BCUT2D eigenvalue weighted by molar-refractivity contribution is 14.0. The van der Waals surface area contributed by atoms with Crippen LogP contribution in [0.3, 0.4) is 0 Å². The van der Waals surface area contributed by atoms with Crippen molar-refractivity contribution in [1.29, 1.82) is 0 Å². The third-order valence-corrected chi connectivity index (χ3v) is 6.61. The van der Waals surface area contributed by atoms with E-state index in [9.17, 15) is 13.2 Å². The van der Waals surface area contributed by atoms with Gasteiger partial charge in [-0.05, 0) is 27.2 Å². The normalized spacial score (nSPS) is 19.0. The summed E-state index contributed by atoms with van der Waals surface area (Å²) in [6.45, 7) is 8.68. The van der Waals surface area contributed by atoms with Gasteiger partial charge in [0.1, 0.15) is 0 Å². The fraction of sp³-hybridized carbons (Fsp3) is 0.867. The second-order valence-corrected chi connectivity index (χ2v) is 9.62. The fourth-order valence-electron chi connectivity index (χ4n) is 2.33. The molecule has 9 heteroatoms. The molecular formula is C15H31IN4O3S. The van der Waals surface area contributed by atoms with Crippen molar-refractivity contribution >= 4 is 45.7 Å². The Morgan fingerprint density at radius 3 is 2.46 bits per heavy atom. The minimum Gasteiger partial charge on any atom is -0.355 e. The van der Waals surface area contributed by atoms with Gasteiger partial charge in [0.05, 0.1) is 10.5 Å². The summed E-state index contributed by atoms with van der Waals surface area (Å²) in [5, 5.41) is 6.29. The molecule has 0 radical (unpaired) electrons. The Hall–Kier alpha value is -0.580. The third-order valence-electron chi connectivity index (χ3n) is 4.00. The van der Waals surface area contributed by atoms with Gasteiger partial charge in [0.2, 0.25) is 5.91 Å². The van der Waals surface area contributed by atoms with E-state index >= 15 is 0 Å². The van der Waals surface area contributed by atoms with E-state index < -0.39 is 14.6 Å². The molecule has 0 bridgehead atoms. The molecule has 1 unspecified atom stereocenters. The Balaban J connectivity index is 0.00000529. The molecule has 0 aromatic heterocycles. The highest BCUT2D eigenvalue weighted by Gasteiger charge is 2.29. The summed E-state index contributed by atoms with van der Waals surface area (Å²) < 4.78 is 23.4. The van der Waals surface area contributed by atoms with Crippen molar-refractivity contribution in [2.24, 2.45) is 4.99 Å². The van der Waals surface area contributed by atoms with E-state index in [0.29, 0.717) is 25.5 Å². The lowest BCUT2D eigenvalue weighted by molar-refractivity contribution is -0.129. The maximum absolute atomic E-state index is 12.1. The third kappa shape index (κ3) is 6.73. The number of sulfone groups is 1. The van der Waals surface area contributed by atoms with Gasteiger partial charge in [-0.2, -0.15) is 0 Å². The van der Waals surface area contributed by atoms with Gasteiger partial charge in [-0.1, -0.05) is 6.92 Å². The molecule has 0 aromatic rings. The molecule has 7 nitrogen and oxygen atoms in total. The SMILES string of the molecule is CCC(=O)N1CCC(NC(=NC)NCCS(=O)(=O)C(C)(C)C)C1.I. The molecule has 0 spiro atoms. The van der Waals surface area contributed by atoms with E-state index in [-0.39, 0.29) is 41.7 Å². The van der Waals surface area contributed by atoms with Crippen LogP contribution in [0.5, 0.6) is 0 Å². The Morgan fingerprint density at radius 1 is 1.33 bits per heavy atom. The van der Waals surface area contributed by atoms with Crippen LogP contribution in [0.25, 0.3) is 0 Å². The number of carbonyl (C=O) groups is 1. The summed E-state index contributed by atoms with van der Waals surface area (Å²) in [5.41, 5.74) is 0. The molecule has 0 saturated carbocycles. The van der Waals surface area contributed by atoms with Crippen LogP contribution in [-0.4, -0.2) is 68.4 Å². The standard InChI is InChI=1S/C15H30N4O3S.HI/c1-6-13(20)19-9-7-12(11-19)18-14(16-5)17-8-10-23(21,22)15(2,3)4;/h12H,6-11H2,1-5H3,(H2,16,17,18);1H. The first-order valence-electron chi connectivity index (χ1n) is 8.08. The van der Waals surface area contributed by atoms with Gasteiger partial charge in [0, 0.05) is 39.1 Å². The largest absolute Gasteiger partial charge is 0.355 e. The lowest BCUT2D eigenvalue weighted by atomic mass is 10.3. The molecule has 1 heterocycles. The Morgan fingerprint density at radius 2 is 1.96 bits per heavy atom. The number of guanidine groups is 1. The molecule has 1 aliphatic rings. The number of nitrogens with zero attached hydrogens (tertiary/aromatic N) is 2. The van der Waals surface area contributed by atoms with Crippen molar-refractivity contribution in [2.45, 2.75) is 51.3 Å². The zero-order chi connectivity index (χ0) is 17.7. The molecule has 1 fully saturated rings. The second-order valence-electron chi connectivity index (χ2n) is 6.75. The van der Waals surface area contributed by atoms with Crippen LogP contribution in [0.4, 0.5) is 0 Å². The zero-order valence-corrected chi connectivity index (χ0v) is 18.4. The average Bonchev–Trinajstić information content (AvgIpc) is 2.92. The van der Waals surface area contributed by atoms with Gasteiger partial charge in [0.25, 0.3) is 0 Å². The predicted molar refractivity (Wildman–Crippen MR) is 109 cm³/mol. The fourth-order valence-corrected chi connectivity index (χ4v) is 3.31. The van der Waals surface area contributed by atoms with Gasteiger partial charge in [0.15, 0.2) is 15.8 Å². The smallest absolute Gasteiger partial charge is 0.222 e. The van der Waals surface area contributed by atoms with E-state index in [1.807, 2.05) is 11.8 Å². The number of likely N-dealkylation sites (tertiary alicyclic amines) is 1. The summed E-state index contributed by atoms with van der Waals surface area (Å²) in [6.07, 6.45) is 1.39. The van der Waals surface area contributed by atoms with Crippen molar-refractivity contribution in [3.63, 3.8) is 0 Å². The van der Waals surface area contributed by atoms with Gasteiger partial charge >= 0.3 is 0 Å².